The molecule has 0 fully saturated rings. The second-order valence-corrected chi connectivity index (χ2v) is 3.49. The van der Waals surface area contributed by atoms with Gasteiger partial charge in [-0.1, -0.05) is 53.9 Å². The van der Waals surface area contributed by atoms with Crippen molar-refractivity contribution in [3.05, 3.63) is 0 Å². The second kappa shape index (κ2) is 15.4. The van der Waals surface area contributed by atoms with E-state index in [1.807, 2.05) is 13.8 Å². The molecule has 0 saturated heterocycles. The average molecular weight is 201 g/mol. The minimum atomic E-state index is 1.22. The molecular weight excluding hydrogens is 170 g/mol. The largest absolute Gasteiger partial charge is 0.304 e. The number of unbranched alkanes of at least 4 members (excludes halogenated alkanes) is 3. The molecule has 0 radical (unpaired) electrons. The number of nitrogens with zero attached hydrogens (tertiary/aromatic N) is 1. The quantitative estimate of drug-likeness (QED) is 0.528. The summed E-state index contributed by atoms with van der Waals surface area (Å²) in [5.74, 6) is 0. The van der Waals surface area contributed by atoms with Crippen molar-refractivity contribution in [2.75, 3.05) is 19.6 Å². The molecule has 0 aliphatic heterocycles. The molecule has 14 heavy (non-hydrogen) atoms. The Hall–Kier alpha value is -0.0400. The van der Waals surface area contributed by atoms with Gasteiger partial charge in [-0.05, 0) is 32.5 Å². The lowest BCUT2D eigenvalue weighted by atomic mass is 10.2. The molecule has 0 rings (SSSR count). The predicted molar refractivity (Wildman–Crippen MR) is 67.9 cm³/mol. The van der Waals surface area contributed by atoms with Crippen LogP contribution in [0.4, 0.5) is 0 Å². The third kappa shape index (κ3) is 12.0. The van der Waals surface area contributed by atoms with Gasteiger partial charge in [-0.3, -0.25) is 0 Å². The number of hydrogen-bond acceptors (Lipinski definition) is 1. The molecule has 0 unspecified atom stereocenters. The van der Waals surface area contributed by atoms with Gasteiger partial charge >= 0.3 is 0 Å². The van der Waals surface area contributed by atoms with Crippen LogP contribution in [0.1, 0.15) is 66.7 Å². The molecule has 1 nitrogen and oxygen atoms in total. The Kier molecular flexibility index (Phi) is 18.1. The lowest BCUT2D eigenvalue weighted by Crippen LogP contribution is -2.25. The maximum absolute atomic E-state index is 2.55. The molecule has 0 bridgehead atoms. The monoisotopic (exact) mass is 201 g/mol. The van der Waals surface area contributed by atoms with Gasteiger partial charge in [0.2, 0.25) is 0 Å². The van der Waals surface area contributed by atoms with E-state index < -0.39 is 0 Å². The third-order valence-electron chi connectivity index (χ3n) is 2.31. The van der Waals surface area contributed by atoms with Crippen molar-refractivity contribution < 1.29 is 0 Å². The molecule has 0 amide bonds. The molecule has 0 aliphatic carbocycles. The van der Waals surface area contributed by atoms with Crippen molar-refractivity contribution in [1.29, 1.82) is 0 Å². The average Bonchev–Trinajstić information content (AvgIpc) is 2.25. The molecule has 0 aliphatic rings. The van der Waals surface area contributed by atoms with Crippen LogP contribution in [0.25, 0.3) is 0 Å². The minimum Gasteiger partial charge on any atom is -0.304 e. The Morgan fingerprint density at radius 2 is 1.36 bits per heavy atom. The number of hydrogen-bond donors (Lipinski definition) is 0. The van der Waals surface area contributed by atoms with Gasteiger partial charge in [0.15, 0.2) is 0 Å². The molecule has 0 aromatic heterocycles. The predicted octanol–water partition coefficient (Wildman–Crippen LogP) is 4.32. The Bertz CT molecular complexity index is 81.3. The maximum atomic E-state index is 2.55. The van der Waals surface area contributed by atoms with Crippen LogP contribution in [0.3, 0.4) is 0 Å². The van der Waals surface area contributed by atoms with Crippen LogP contribution in [0.2, 0.25) is 0 Å². The zero-order chi connectivity index (χ0) is 11.2. The highest BCUT2D eigenvalue weighted by Crippen LogP contribution is 2.01. The van der Waals surface area contributed by atoms with E-state index in [9.17, 15) is 0 Å². The van der Waals surface area contributed by atoms with Gasteiger partial charge in [0.05, 0.1) is 0 Å². The first-order valence-electron chi connectivity index (χ1n) is 6.57. The summed E-state index contributed by atoms with van der Waals surface area (Å²) in [6, 6.07) is 0. The molecule has 0 saturated carbocycles. The molecule has 0 atom stereocenters. The Morgan fingerprint density at radius 3 is 1.79 bits per heavy atom. The fourth-order valence-corrected chi connectivity index (χ4v) is 1.51. The second-order valence-electron chi connectivity index (χ2n) is 3.49. The van der Waals surface area contributed by atoms with Gasteiger partial charge in [0, 0.05) is 0 Å². The van der Waals surface area contributed by atoms with Gasteiger partial charge in [0.1, 0.15) is 0 Å². The van der Waals surface area contributed by atoms with Gasteiger partial charge in [-0.25, -0.2) is 0 Å². The summed E-state index contributed by atoms with van der Waals surface area (Å²) in [4.78, 5) is 2.55. The summed E-state index contributed by atoms with van der Waals surface area (Å²) in [7, 11) is 0. The van der Waals surface area contributed by atoms with E-state index in [2.05, 4.69) is 25.7 Å². The molecule has 0 heterocycles. The van der Waals surface area contributed by atoms with E-state index in [4.69, 9.17) is 0 Å². The van der Waals surface area contributed by atoms with Crippen LogP contribution in [-0.2, 0) is 0 Å². The Balaban J connectivity index is 0. The highest BCUT2D eigenvalue weighted by molar-refractivity contribution is 4.54. The summed E-state index contributed by atoms with van der Waals surface area (Å²) in [6.45, 7) is 14.6. The van der Waals surface area contributed by atoms with Crippen molar-refractivity contribution in [3.8, 4) is 0 Å². The van der Waals surface area contributed by atoms with E-state index >= 15 is 0 Å². The first-order valence-corrected chi connectivity index (χ1v) is 6.57. The smallest absolute Gasteiger partial charge is 0.00189 e. The van der Waals surface area contributed by atoms with Crippen LogP contribution in [0.15, 0.2) is 0 Å². The highest BCUT2D eigenvalue weighted by Gasteiger charge is 1.98. The van der Waals surface area contributed by atoms with Crippen molar-refractivity contribution in [3.63, 3.8) is 0 Å². The summed E-state index contributed by atoms with van der Waals surface area (Å²) < 4.78 is 0. The van der Waals surface area contributed by atoms with E-state index in [1.165, 1.54) is 51.7 Å². The summed E-state index contributed by atoms with van der Waals surface area (Å²) in [5.41, 5.74) is 0. The zero-order valence-corrected chi connectivity index (χ0v) is 11.1. The Labute approximate surface area is 91.9 Å². The molecule has 0 aromatic carbocycles. The SMILES string of the molecule is CC.CCCCCCN(CC)CCC. The molecule has 0 spiro atoms. The van der Waals surface area contributed by atoms with Gasteiger partial charge in [-0.2, -0.15) is 0 Å². The van der Waals surface area contributed by atoms with Crippen molar-refractivity contribution in [2.24, 2.45) is 0 Å². The molecular formula is C13H31N. The normalized spacial score (nSPS) is 9.86. The molecule has 1 heteroatoms. The van der Waals surface area contributed by atoms with Gasteiger partial charge in [-0.15, -0.1) is 0 Å². The minimum absolute atomic E-state index is 1.22. The van der Waals surface area contributed by atoms with Gasteiger partial charge in [0.25, 0.3) is 0 Å². The van der Waals surface area contributed by atoms with Crippen molar-refractivity contribution >= 4 is 0 Å². The van der Waals surface area contributed by atoms with Crippen LogP contribution < -0.4 is 0 Å². The van der Waals surface area contributed by atoms with E-state index in [1.54, 1.807) is 0 Å². The first-order chi connectivity index (χ1) is 6.85. The van der Waals surface area contributed by atoms with E-state index in [0.717, 1.165) is 0 Å². The molecule has 0 aromatic rings. The summed E-state index contributed by atoms with van der Waals surface area (Å²) in [6.07, 6.45) is 6.85. The first kappa shape index (κ1) is 16.4. The molecule has 88 valence electrons. The van der Waals surface area contributed by atoms with Crippen molar-refractivity contribution in [2.45, 2.75) is 66.7 Å². The zero-order valence-electron chi connectivity index (χ0n) is 11.1. The standard InChI is InChI=1S/C11H25N.C2H6/c1-4-7-8-9-11-12(6-3)10-5-2;1-2/h4-11H2,1-3H3;1-2H3. The molecule has 0 N–H and O–H groups in total. The fourth-order valence-electron chi connectivity index (χ4n) is 1.51. The summed E-state index contributed by atoms with van der Waals surface area (Å²) >= 11 is 0. The van der Waals surface area contributed by atoms with Crippen molar-refractivity contribution in [1.82, 2.24) is 4.90 Å². The van der Waals surface area contributed by atoms with E-state index in [0.29, 0.717) is 0 Å². The van der Waals surface area contributed by atoms with E-state index in [-0.39, 0.29) is 0 Å². The lowest BCUT2D eigenvalue weighted by Gasteiger charge is -2.18. The fraction of sp³-hybridized carbons (Fsp3) is 1.00. The van der Waals surface area contributed by atoms with Crippen LogP contribution in [-0.4, -0.2) is 24.5 Å². The lowest BCUT2D eigenvalue weighted by molar-refractivity contribution is 0.281. The van der Waals surface area contributed by atoms with Crippen LogP contribution in [0.5, 0.6) is 0 Å². The number of rotatable bonds is 8. The summed E-state index contributed by atoms with van der Waals surface area (Å²) in [5, 5.41) is 0. The maximum Gasteiger partial charge on any atom is -0.00189 e. The Morgan fingerprint density at radius 1 is 0.714 bits per heavy atom. The highest BCUT2D eigenvalue weighted by atomic mass is 15.1. The van der Waals surface area contributed by atoms with Crippen LogP contribution >= 0.6 is 0 Å². The topological polar surface area (TPSA) is 3.24 Å². The van der Waals surface area contributed by atoms with Crippen LogP contribution in [0, 0.1) is 0 Å². The third-order valence-corrected chi connectivity index (χ3v) is 2.31. The van der Waals surface area contributed by atoms with Gasteiger partial charge < -0.3 is 4.90 Å².